The van der Waals surface area contributed by atoms with E-state index in [2.05, 4.69) is 20.7 Å². The van der Waals surface area contributed by atoms with E-state index in [0.717, 1.165) is 37.7 Å². The molecular formula is C22H28ClFN4O4S. The van der Waals surface area contributed by atoms with Gasteiger partial charge in [0.15, 0.2) is 0 Å². The standard InChI is InChI=1S/C14H20ClN3O3S.C8H8FNO/c1-16-14(19)17-13-8-7-11(9-12(13)15)22(20,21)18-10-5-3-2-4-6-10;9-8-3-1-7(2-4-8)5-10-6-11/h7-10,18H,2-6H2,1H3,(H2,16,17,19);1-4,6H,5H2,(H,10,11). The Morgan fingerprint density at radius 2 is 1.79 bits per heavy atom. The smallest absolute Gasteiger partial charge is 0.319 e. The fraction of sp³-hybridized carbons (Fsp3) is 0.364. The molecular weight excluding hydrogens is 471 g/mol. The van der Waals surface area contributed by atoms with Gasteiger partial charge >= 0.3 is 6.03 Å². The highest BCUT2D eigenvalue weighted by Gasteiger charge is 2.22. The van der Waals surface area contributed by atoms with E-state index >= 15 is 0 Å². The summed E-state index contributed by atoms with van der Waals surface area (Å²) in [6.07, 6.45) is 5.59. The minimum absolute atomic E-state index is 0.0128. The van der Waals surface area contributed by atoms with E-state index < -0.39 is 16.1 Å². The van der Waals surface area contributed by atoms with Gasteiger partial charge in [0.1, 0.15) is 5.82 Å². The summed E-state index contributed by atoms with van der Waals surface area (Å²) in [7, 11) is -2.11. The molecule has 3 amide bonds. The van der Waals surface area contributed by atoms with Gasteiger partial charge in [0.2, 0.25) is 16.4 Å². The highest BCUT2D eigenvalue weighted by atomic mass is 35.5. The lowest BCUT2D eigenvalue weighted by molar-refractivity contribution is -0.109. The molecule has 0 radical (unpaired) electrons. The maximum atomic E-state index is 12.4. The molecule has 1 fully saturated rings. The predicted molar refractivity (Wildman–Crippen MR) is 126 cm³/mol. The first-order valence-electron chi connectivity index (χ1n) is 10.5. The van der Waals surface area contributed by atoms with Crippen LogP contribution >= 0.6 is 11.6 Å². The van der Waals surface area contributed by atoms with Crippen molar-refractivity contribution in [1.82, 2.24) is 15.4 Å². The van der Waals surface area contributed by atoms with Crippen molar-refractivity contribution < 1.29 is 22.4 Å². The quantitative estimate of drug-likeness (QED) is 0.435. The average Bonchev–Trinajstić information content (AvgIpc) is 2.80. The number of hydrogen-bond donors (Lipinski definition) is 4. The van der Waals surface area contributed by atoms with Crippen LogP contribution in [-0.4, -0.2) is 33.9 Å². The van der Waals surface area contributed by atoms with Crippen molar-refractivity contribution in [2.24, 2.45) is 0 Å². The number of carbonyl (C=O) groups is 2. The van der Waals surface area contributed by atoms with Crippen LogP contribution in [0.2, 0.25) is 5.02 Å². The Morgan fingerprint density at radius 1 is 1.12 bits per heavy atom. The molecule has 0 aliphatic heterocycles. The Labute approximate surface area is 198 Å². The molecule has 33 heavy (non-hydrogen) atoms. The molecule has 1 saturated carbocycles. The van der Waals surface area contributed by atoms with Crippen LogP contribution in [0.4, 0.5) is 14.9 Å². The normalized spacial score (nSPS) is 13.9. The summed E-state index contributed by atoms with van der Waals surface area (Å²) in [5.41, 5.74) is 1.25. The van der Waals surface area contributed by atoms with Gasteiger partial charge in [-0.3, -0.25) is 4.79 Å². The Morgan fingerprint density at radius 3 is 2.36 bits per heavy atom. The number of nitrogens with one attached hydrogen (secondary N) is 4. The van der Waals surface area contributed by atoms with E-state index in [1.165, 1.54) is 37.4 Å². The maximum Gasteiger partial charge on any atom is 0.319 e. The maximum absolute atomic E-state index is 12.4. The van der Waals surface area contributed by atoms with E-state index in [1.54, 1.807) is 12.1 Å². The molecule has 1 aliphatic carbocycles. The van der Waals surface area contributed by atoms with E-state index in [9.17, 15) is 22.4 Å². The van der Waals surface area contributed by atoms with Gasteiger partial charge in [-0.05, 0) is 48.7 Å². The van der Waals surface area contributed by atoms with Crippen molar-refractivity contribution >= 4 is 39.8 Å². The summed E-state index contributed by atoms with van der Waals surface area (Å²) in [5.74, 6) is -0.264. The van der Waals surface area contributed by atoms with Gasteiger partial charge in [0, 0.05) is 19.6 Å². The Hall–Kier alpha value is -2.69. The van der Waals surface area contributed by atoms with Crippen molar-refractivity contribution in [1.29, 1.82) is 0 Å². The average molecular weight is 499 g/mol. The van der Waals surface area contributed by atoms with E-state index in [-0.39, 0.29) is 21.8 Å². The lowest BCUT2D eigenvalue weighted by Gasteiger charge is -2.22. The molecule has 4 N–H and O–H groups in total. The molecule has 0 heterocycles. The highest BCUT2D eigenvalue weighted by molar-refractivity contribution is 7.89. The number of halogens is 2. The zero-order valence-corrected chi connectivity index (χ0v) is 19.8. The number of hydrogen-bond acceptors (Lipinski definition) is 4. The minimum Gasteiger partial charge on any atom is -0.355 e. The van der Waals surface area contributed by atoms with Crippen molar-refractivity contribution in [3.8, 4) is 0 Å². The van der Waals surface area contributed by atoms with E-state index in [4.69, 9.17) is 11.6 Å². The molecule has 11 heteroatoms. The molecule has 0 unspecified atom stereocenters. The fourth-order valence-corrected chi connectivity index (χ4v) is 4.84. The number of sulfonamides is 1. The Bertz CT molecular complexity index is 1030. The van der Waals surface area contributed by atoms with E-state index in [1.807, 2.05) is 0 Å². The van der Waals surface area contributed by atoms with Gasteiger partial charge in [-0.25, -0.2) is 22.3 Å². The third kappa shape index (κ3) is 8.99. The molecule has 0 atom stereocenters. The molecule has 180 valence electrons. The van der Waals surface area contributed by atoms with Crippen molar-refractivity contribution in [2.45, 2.75) is 49.6 Å². The molecule has 3 rings (SSSR count). The molecule has 2 aromatic carbocycles. The number of rotatable bonds is 7. The third-order valence-electron chi connectivity index (χ3n) is 4.96. The van der Waals surface area contributed by atoms with Gasteiger partial charge in [-0.15, -0.1) is 0 Å². The minimum atomic E-state index is -3.60. The summed E-state index contributed by atoms with van der Waals surface area (Å²) in [4.78, 5) is 21.2. The topological polar surface area (TPSA) is 116 Å². The SMILES string of the molecule is CNC(=O)Nc1ccc(S(=O)(=O)NC2CCCCC2)cc1Cl.O=CNCc1ccc(F)cc1. The number of anilines is 1. The van der Waals surface area contributed by atoms with Gasteiger partial charge in [-0.1, -0.05) is 43.0 Å². The van der Waals surface area contributed by atoms with Gasteiger partial charge in [0.05, 0.1) is 15.6 Å². The zero-order chi connectivity index (χ0) is 24.3. The summed E-state index contributed by atoms with van der Waals surface area (Å²) in [5, 5.41) is 7.58. The number of amides is 3. The van der Waals surface area contributed by atoms with Crippen molar-refractivity contribution in [3.05, 3.63) is 58.9 Å². The molecule has 1 aliphatic rings. The molecule has 8 nitrogen and oxygen atoms in total. The third-order valence-corrected chi connectivity index (χ3v) is 6.79. The van der Waals surface area contributed by atoms with Crippen LogP contribution in [0.15, 0.2) is 47.4 Å². The molecule has 0 saturated heterocycles. The molecule has 0 aromatic heterocycles. The number of urea groups is 1. The summed E-state index contributed by atoms with van der Waals surface area (Å²) >= 11 is 6.04. The van der Waals surface area contributed by atoms with Crippen molar-refractivity contribution in [3.63, 3.8) is 0 Å². The van der Waals surface area contributed by atoms with Gasteiger partial charge < -0.3 is 16.0 Å². The second kappa shape index (κ2) is 13.1. The first-order valence-corrected chi connectivity index (χ1v) is 12.3. The lowest BCUT2D eigenvalue weighted by Crippen LogP contribution is -2.36. The van der Waals surface area contributed by atoms with E-state index in [0.29, 0.717) is 18.6 Å². The first kappa shape index (κ1) is 26.6. The monoisotopic (exact) mass is 498 g/mol. The van der Waals surface area contributed by atoms with Gasteiger partial charge in [-0.2, -0.15) is 0 Å². The zero-order valence-electron chi connectivity index (χ0n) is 18.2. The van der Waals surface area contributed by atoms with Crippen LogP contribution in [0.25, 0.3) is 0 Å². The van der Waals surface area contributed by atoms with Crippen LogP contribution < -0.4 is 20.7 Å². The second-order valence-corrected chi connectivity index (χ2v) is 9.55. The lowest BCUT2D eigenvalue weighted by atomic mass is 9.96. The summed E-state index contributed by atoms with van der Waals surface area (Å²) < 4.78 is 39.8. The van der Waals surface area contributed by atoms with Crippen LogP contribution in [0.1, 0.15) is 37.7 Å². The number of benzene rings is 2. The van der Waals surface area contributed by atoms with Crippen LogP contribution in [0, 0.1) is 5.82 Å². The fourth-order valence-electron chi connectivity index (χ4n) is 3.22. The Balaban J connectivity index is 0.000000294. The highest BCUT2D eigenvalue weighted by Crippen LogP contribution is 2.26. The largest absolute Gasteiger partial charge is 0.355 e. The summed E-state index contributed by atoms with van der Waals surface area (Å²) in [6.45, 7) is 0.448. The van der Waals surface area contributed by atoms with Crippen LogP contribution in [0.3, 0.4) is 0 Å². The Kier molecular flexibility index (Phi) is 10.6. The second-order valence-electron chi connectivity index (χ2n) is 7.43. The molecule has 2 aromatic rings. The van der Waals surface area contributed by atoms with Gasteiger partial charge in [0.25, 0.3) is 0 Å². The first-order chi connectivity index (χ1) is 15.7. The molecule has 0 spiro atoms. The molecule has 0 bridgehead atoms. The van der Waals surface area contributed by atoms with Crippen LogP contribution in [-0.2, 0) is 21.4 Å². The predicted octanol–water partition coefficient (Wildman–Crippen LogP) is 3.77. The van der Waals surface area contributed by atoms with Crippen LogP contribution in [0.5, 0.6) is 0 Å². The number of carbonyl (C=O) groups excluding carboxylic acids is 2. The summed E-state index contributed by atoms with van der Waals surface area (Å²) in [6, 6.07) is 9.81. The van der Waals surface area contributed by atoms with Crippen molar-refractivity contribution in [2.75, 3.05) is 12.4 Å².